The maximum atomic E-state index is 6.50. The number of fused-ring (bicyclic) bond motifs is 1. The molecule has 1 heterocycles. The second-order valence-electron chi connectivity index (χ2n) is 10.3. The summed E-state index contributed by atoms with van der Waals surface area (Å²) in [6.45, 7) is 4.09. The number of para-hydroxylation sites is 1. The zero-order chi connectivity index (χ0) is 20.3. The summed E-state index contributed by atoms with van der Waals surface area (Å²) < 4.78 is 2.45. The third kappa shape index (κ3) is 3.11. The predicted molar refractivity (Wildman–Crippen MR) is 125 cm³/mol. The molecule has 3 heteroatoms. The average molecular weight is 419 g/mol. The van der Waals surface area contributed by atoms with E-state index in [0.29, 0.717) is 5.54 Å². The van der Waals surface area contributed by atoms with Crippen LogP contribution >= 0.6 is 11.6 Å². The van der Waals surface area contributed by atoms with E-state index in [0.717, 1.165) is 35.9 Å². The number of nitrogens with one attached hydrogen (secondary N) is 1. The summed E-state index contributed by atoms with van der Waals surface area (Å²) in [6.07, 6.45) is 8.69. The van der Waals surface area contributed by atoms with E-state index in [1.165, 1.54) is 66.2 Å². The summed E-state index contributed by atoms with van der Waals surface area (Å²) in [6, 6.07) is 17.1. The van der Waals surface area contributed by atoms with Crippen molar-refractivity contribution in [3.05, 3.63) is 70.4 Å². The Morgan fingerprint density at radius 1 is 0.933 bits per heavy atom. The van der Waals surface area contributed by atoms with Crippen molar-refractivity contribution in [1.82, 2.24) is 9.88 Å². The van der Waals surface area contributed by atoms with E-state index in [1.807, 2.05) is 12.1 Å². The minimum absolute atomic E-state index is 0.396. The lowest BCUT2D eigenvalue weighted by Gasteiger charge is -2.57. The number of aromatic nitrogens is 1. The maximum Gasteiger partial charge on any atom is 0.0493 e. The minimum atomic E-state index is 0.396. The molecule has 0 radical (unpaired) electrons. The van der Waals surface area contributed by atoms with Gasteiger partial charge in [0.15, 0.2) is 0 Å². The first kappa shape index (κ1) is 19.0. The van der Waals surface area contributed by atoms with Crippen LogP contribution in [0.3, 0.4) is 0 Å². The molecule has 0 aliphatic heterocycles. The lowest BCUT2D eigenvalue weighted by molar-refractivity contribution is -0.0205. The van der Waals surface area contributed by atoms with Gasteiger partial charge < -0.3 is 9.88 Å². The molecule has 7 rings (SSSR count). The second kappa shape index (κ2) is 7.14. The zero-order valence-corrected chi connectivity index (χ0v) is 18.6. The molecule has 4 fully saturated rings. The molecule has 0 atom stereocenters. The van der Waals surface area contributed by atoms with Crippen LogP contribution in [0.25, 0.3) is 10.9 Å². The van der Waals surface area contributed by atoms with Crippen molar-refractivity contribution in [2.45, 2.75) is 64.1 Å². The van der Waals surface area contributed by atoms with Gasteiger partial charge >= 0.3 is 0 Å². The number of rotatable bonds is 5. The predicted octanol–water partition coefficient (Wildman–Crippen LogP) is 6.71. The molecule has 4 bridgehead atoms. The van der Waals surface area contributed by atoms with E-state index in [9.17, 15) is 0 Å². The molecule has 1 aromatic heterocycles. The highest BCUT2D eigenvalue weighted by molar-refractivity contribution is 6.31. The van der Waals surface area contributed by atoms with Crippen molar-refractivity contribution < 1.29 is 0 Å². The molecule has 1 N–H and O–H groups in total. The van der Waals surface area contributed by atoms with Crippen LogP contribution in [0.15, 0.2) is 48.5 Å². The lowest BCUT2D eigenvalue weighted by Crippen LogP contribution is -2.58. The highest BCUT2D eigenvalue weighted by atomic mass is 35.5. The van der Waals surface area contributed by atoms with Crippen LogP contribution in [0.2, 0.25) is 5.02 Å². The molecular weight excluding hydrogens is 388 g/mol. The fourth-order valence-corrected chi connectivity index (χ4v) is 7.53. The molecule has 2 aromatic carbocycles. The van der Waals surface area contributed by atoms with Gasteiger partial charge in [0.1, 0.15) is 0 Å². The second-order valence-corrected chi connectivity index (χ2v) is 10.7. The molecule has 4 aliphatic carbocycles. The first-order chi connectivity index (χ1) is 14.6. The van der Waals surface area contributed by atoms with E-state index in [-0.39, 0.29) is 0 Å². The van der Waals surface area contributed by atoms with E-state index >= 15 is 0 Å². The maximum absolute atomic E-state index is 6.50. The van der Waals surface area contributed by atoms with E-state index in [4.69, 9.17) is 11.6 Å². The van der Waals surface area contributed by atoms with Gasteiger partial charge in [-0.1, -0.05) is 48.0 Å². The van der Waals surface area contributed by atoms with Crippen LogP contribution in [-0.4, -0.2) is 10.1 Å². The summed E-state index contributed by atoms with van der Waals surface area (Å²) in [7, 11) is 0. The number of benzene rings is 2. The first-order valence-electron chi connectivity index (χ1n) is 11.7. The Morgan fingerprint density at radius 2 is 1.57 bits per heavy atom. The van der Waals surface area contributed by atoms with Gasteiger partial charge in [-0.25, -0.2) is 0 Å². The van der Waals surface area contributed by atoms with Crippen molar-refractivity contribution >= 4 is 22.5 Å². The van der Waals surface area contributed by atoms with Crippen molar-refractivity contribution in [3.63, 3.8) is 0 Å². The van der Waals surface area contributed by atoms with Gasteiger partial charge in [-0.3, -0.25) is 0 Å². The Morgan fingerprint density at radius 3 is 2.27 bits per heavy atom. The van der Waals surface area contributed by atoms with Gasteiger partial charge in [0.25, 0.3) is 0 Å². The van der Waals surface area contributed by atoms with E-state index < -0.39 is 0 Å². The lowest BCUT2D eigenvalue weighted by atomic mass is 9.53. The molecule has 0 amide bonds. The third-order valence-corrected chi connectivity index (χ3v) is 8.70. The third-order valence-electron chi connectivity index (χ3n) is 8.33. The minimum Gasteiger partial charge on any atom is -0.340 e. The Balaban J connectivity index is 1.32. The molecule has 3 aromatic rings. The fraction of sp³-hybridized carbons (Fsp3) is 0.481. The molecule has 4 aliphatic rings. The number of hydrogen-bond acceptors (Lipinski definition) is 1. The summed E-state index contributed by atoms with van der Waals surface area (Å²) in [5.74, 6) is 2.93. The largest absolute Gasteiger partial charge is 0.340 e. The quantitative estimate of drug-likeness (QED) is 0.487. The number of hydrogen-bond donors (Lipinski definition) is 1. The monoisotopic (exact) mass is 418 g/mol. The Kier molecular flexibility index (Phi) is 4.51. The SMILES string of the molecule is Cc1c(CNC23CC4CC(CC(C4)C2)C3)c2ccccc2n1Cc1ccccc1Cl. The Bertz CT molecular complexity index is 1060. The van der Waals surface area contributed by atoms with Gasteiger partial charge in [-0.05, 0) is 86.5 Å². The van der Waals surface area contributed by atoms with Gasteiger partial charge in [-0.15, -0.1) is 0 Å². The van der Waals surface area contributed by atoms with Gasteiger partial charge in [0.2, 0.25) is 0 Å². The van der Waals surface area contributed by atoms with Crippen molar-refractivity contribution in [3.8, 4) is 0 Å². The van der Waals surface area contributed by atoms with Crippen molar-refractivity contribution in [1.29, 1.82) is 0 Å². The molecule has 156 valence electrons. The molecule has 0 unspecified atom stereocenters. The highest BCUT2D eigenvalue weighted by Gasteiger charge is 2.50. The molecule has 30 heavy (non-hydrogen) atoms. The Hall–Kier alpha value is -1.77. The smallest absolute Gasteiger partial charge is 0.0493 e. The van der Waals surface area contributed by atoms with Crippen LogP contribution in [-0.2, 0) is 13.1 Å². The Labute approximate surface area is 184 Å². The summed E-state index contributed by atoms with van der Waals surface area (Å²) in [5, 5.41) is 6.36. The van der Waals surface area contributed by atoms with Crippen LogP contribution < -0.4 is 5.32 Å². The topological polar surface area (TPSA) is 17.0 Å². The fourth-order valence-electron chi connectivity index (χ4n) is 7.33. The number of halogens is 1. The number of nitrogens with zero attached hydrogens (tertiary/aromatic N) is 1. The van der Waals surface area contributed by atoms with Crippen molar-refractivity contribution in [2.75, 3.05) is 0 Å². The van der Waals surface area contributed by atoms with Gasteiger partial charge in [0.05, 0.1) is 0 Å². The van der Waals surface area contributed by atoms with Crippen LogP contribution in [0.5, 0.6) is 0 Å². The van der Waals surface area contributed by atoms with Gasteiger partial charge in [0, 0.05) is 40.2 Å². The zero-order valence-electron chi connectivity index (χ0n) is 17.8. The van der Waals surface area contributed by atoms with E-state index in [2.05, 4.69) is 53.2 Å². The average Bonchev–Trinajstić information content (AvgIpc) is 2.98. The summed E-state index contributed by atoms with van der Waals surface area (Å²) in [4.78, 5) is 0. The first-order valence-corrected chi connectivity index (χ1v) is 12.0. The summed E-state index contributed by atoms with van der Waals surface area (Å²) in [5.41, 5.74) is 5.73. The molecule has 2 nitrogen and oxygen atoms in total. The van der Waals surface area contributed by atoms with Crippen LogP contribution in [0.1, 0.15) is 55.3 Å². The highest BCUT2D eigenvalue weighted by Crippen LogP contribution is 2.55. The van der Waals surface area contributed by atoms with Crippen LogP contribution in [0.4, 0.5) is 0 Å². The molecule has 0 spiro atoms. The molecule has 0 saturated heterocycles. The van der Waals surface area contributed by atoms with Crippen LogP contribution in [0, 0.1) is 24.7 Å². The molecular formula is C27H31ClN2. The molecule has 4 saturated carbocycles. The standard InChI is InChI=1S/C27H31ClN2/c1-18-24(16-29-27-13-19-10-20(14-27)12-21(11-19)15-27)23-7-3-5-9-26(23)30(18)17-22-6-2-4-8-25(22)28/h2-9,19-21,29H,10-17H2,1H3. The van der Waals surface area contributed by atoms with E-state index in [1.54, 1.807) is 0 Å². The normalized spacial score (nSPS) is 29.7. The van der Waals surface area contributed by atoms with Gasteiger partial charge in [-0.2, -0.15) is 0 Å². The van der Waals surface area contributed by atoms with Crippen molar-refractivity contribution in [2.24, 2.45) is 17.8 Å². The summed E-state index contributed by atoms with van der Waals surface area (Å²) >= 11 is 6.50.